The van der Waals surface area contributed by atoms with Gasteiger partial charge in [-0.3, -0.25) is 19.2 Å². The number of nitro groups is 1. The van der Waals surface area contributed by atoms with Crippen molar-refractivity contribution >= 4 is 44.6 Å². The zero-order valence-corrected chi connectivity index (χ0v) is 18.0. The fourth-order valence-corrected chi connectivity index (χ4v) is 4.38. The summed E-state index contributed by atoms with van der Waals surface area (Å²) in [6, 6.07) is 7.81. The van der Waals surface area contributed by atoms with E-state index < -0.39 is 26.9 Å². The second-order valence-electron chi connectivity index (χ2n) is 6.61. The molecule has 0 bridgehead atoms. The first-order valence-corrected chi connectivity index (χ1v) is 11.0. The number of rotatable bonds is 7. The zero-order chi connectivity index (χ0) is 21.9. The van der Waals surface area contributed by atoms with E-state index in [0.29, 0.717) is 21.8 Å². The number of benzene rings is 2. The van der Waals surface area contributed by atoms with Crippen molar-refractivity contribution in [3.63, 3.8) is 0 Å². The van der Waals surface area contributed by atoms with Crippen LogP contribution < -0.4 is 9.62 Å². The van der Waals surface area contributed by atoms with Crippen molar-refractivity contribution in [1.82, 2.24) is 0 Å². The highest BCUT2D eigenvalue weighted by Gasteiger charge is 2.33. The lowest BCUT2D eigenvalue weighted by molar-refractivity contribution is -0.384. The highest BCUT2D eigenvalue weighted by Crippen LogP contribution is 2.31. The maximum atomic E-state index is 13.0. The van der Waals surface area contributed by atoms with Gasteiger partial charge in [0.05, 0.1) is 16.9 Å². The molecule has 8 nitrogen and oxygen atoms in total. The van der Waals surface area contributed by atoms with Gasteiger partial charge in [0, 0.05) is 22.8 Å². The van der Waals surface area contributed by atoms with E-state index in [-0.39, 0.29) is 17.8 Å². The molecule has 156 valence electrons. The third kappa shape index (κ3) is 5.04. The van der Waals surface area contributed by atoms with Crippen LogP contribution in [0.3, 0.4) is 0 Å². The Bertz CT molecular complexity index is 1060. The summed E-state index contributed by atoms with van der Waals surface area (Å²) in [6.07, 6.45) is 1.12. The van der Waals surface area contributed by atoms with Gasteiger partial charge in [-0.05, 0) is 43.5 Å². The highest BCUT2D eigenvalue weighted by atomic mass is 35.5. The molecular formula is C19H22ClN3O5S. The number of amides is 1. The monoisotopic (exact) mass is 439 g/mol. The topological polar surface area (TPSA) is 110 Å². The van der Waals surface area contributed by atoms with E-state index in [2.05, 4.69) is 5.32 Å². The van der Waals surface area contributed by atoms with Gasteiger partial charge < -0.3 is 5.32 Å². The molecule has 2 aromatic carbocycles. The number of carbonyl (C=O) groups is 1. The summed E-state index contributed by atoms with van der Waals surface area (Å²) in [6.45, 7) is 5.03. The number of non-ortho nitro benzene ring substituents is 1. The van der Waals surface area contributed by atoms with Crippen LogP contribution in [-0.2, 0) is 14.8 Å². The minimum Gasteiger partial charge on any atom is -0.324 e. The zero-order valence-electron chi connectivity index (χ0n) is 16.5. The first-order chi connectivity index (χ1) is 13.5. The van der Waals surface area contributed by atoms with Crippen molar-refractivity contribution in [2.45, 2.75) is 33.2 Å². The molecule has 1 amide bonds. The minimum atomic E-state index is -3.93. The van der Waals surface area contributed by atoms with Crippen LogP contribution in [0.15, 0.2) is 36.4 Å². The molecule has 1 atom stereocenters. The predicted octanol–water partition coefficient (Wildman–Crippen LogP) is 4.05. The SMILES string of the molecule is CCC(C(=O)Nc1cccc(Cl)c1C)N(c1cc([N+](=O)[O-])ccc1C)S(C)(=O)=O. The highest BCUT2D eigenvalue weighted by molar-refractivity contribution is 7.92. The summed E-state index contributed by atoms with van der Waals surface area (Å²) in [4.78, 5) is 23.6. The molecule has 0 heterocycles. The van der Waals surface area contributed by atoms with Crippen LogP contribution in [0.4, 0.5) is 17.1 Å². The molecular weight excluding hydrogens is 418 g/mol. The Morgan fingerprint density at radius 1 is 1.28 bits per heavy atom. The van der Waals surface area contributed by atoms with E-state index >= 15 is 0 Å². The Labute approximate surface area is 174 Å². The number of nitrogens with one attached hydrogen (secondary N) is 1. The quantitative estimate of drug-likeness (QED) is 0.517. The number of sulfonamides is 1. The number of hydrogen-bond acceptors (Lipinski definition) is 5. The standard InChI is InChI=1S/C19H22ClN3O5S/c1-5-17(19(24)21-16-8-6-7-15(20)13(16)3)22(29(4,27)28)18-11-14(23(25)26)10-9-12(18)2/h6-11,17H,5H2,1-4H3,(H,21,24). The fourth-order valence-electron chi connectivity index (χ4n) is 2.94. The van der Waals surface area contributed by atoms with Crippen LogP contribution in [0, 0.1) is 24.0 Å². The molecule has 2 aromatic rings. The number of anilines is 2. The fraction of sp³-hybridized carbons (Fsp3) is 0.316. The van der Waals surface area contributed by atoms with Crippen molar-refractivity contribution in [3.05, 3.63) is 62.7 Å². The van der Waals surface area contributed by atoms with Gasteiger partial charge in [0.1, 0.15) is 6.04 Å². The van der Waals surface area contributed by atoms with Crippen molar-refractivity contribution in [2.24, 2.45) is 0 Å². The first-order valence-electron chi connectivity index (χ1n) is 8.77. The summed E-state index contributed by atoms with van der Waals surface area (Å²) in [5.74, 6) is -0.561. The Balaban J connectivity index is 2.53. The molecule has 0 saturated carbocycles. The predicted molar refractivity (Wildman–Crippen MR) is 114 cm³/mol. The van der Waals surface area contributed by atoms with Crippen LogP contribution >= 0.6 is 11.6 Å². The summed E-state index contributed by atoms with van der Waals surface area (Å²) in [5.41, 5.74) is 1.43. The number of carbonyl (C=O) groups excluding carboxylic acids is 1. The molecule has 0 fully saturated rings. The largest absolute Gasteiger partial charge is 0.324 e. The van der Waals surface area contributed by atoms with Crippen molar-refractivity contribution < 1.29 is 18.1 Å². The summed E-state index contributed by atoms with van der Waals surface area (Å²) < 4.78 is 26.1. The lowest BCUT2D eigenvalue weighted by atomic mass is 10.1. The summed E-state index contributed by atoms with van der Waals surface area (Å²) in [7, 11) is -3.93. The van der Waals surface area contributed by atoms with Gasteiger partial charge in [0.25, 0.3) is 5.69 Å². The van der Waals surface area contributed by atoms with E-state index in [9.17, 15) is 23.3 Å². The number of halogens is 1. The van der Waals surface area contributed by atoms with Crippen LogP contribution in [0.1, 0.15) is 24.5 Å². The maximum Gasteiger partial charge on any atom is 0.271 e. The van der Waals surface area contributed by atoms with Gasteiger partial charge in [0.2, 0.25) is 15.9 Å². The van der Waals surface area contributed by atoms with Gasteiger partial charge in [-0.25, -0.2) is 8.42 Å². The summed E-state index contributed by atoms with van der Waals surface area (Å²) in [5, 5.41) is 14.3. The Kier molecular flexibility index (Phi) is 6.86. The second-order valence-corrected chi connectivity index (χ2v) is 8.88. The molecule has 10 heteroatoms. The molecule has 2 rings (SSSR count). The van der Waals surface area contributed by atoms with Crippen LogP contribution in [0.2, 0.25) is 5.02 Å². The normalized spacial score (nSPS) is 12.3. The number of aryl methyl sites for hydroxylation is 1. The smallest absolute Gasteiger partial charge is 0.271 e. The molecule has 0 saturated heterocycles. The Morgan fingerprint density at radius 2 is 1.93 bits per heavy atom. The van der Waals surface area contributed by atoms with Crippen molar-refractivity contribution in [2.75, 3.05) is 15.9 Å². The van der Waals surface area contributed by atoms with E-state index in [4.69, 9.17) is 11.6 Å². The molecule has 0 radical (unpaired) electrons. The number of nitrogens with zero attached hydrogens (tertiary/aromatic N) is 2. The molecule has 29 heavy (non-hydrogen) atoms. The number of nitro benzene ring substituents is 1. The average Bonchev–Trinajstić information content (AvgIpc) is 2.63. The molecule has 0 aliphatic rings. The van der Waals surface area contributed by atoms with Crippen molar-refractivity contribution in [3.8, 4) is 0 Å². The molecule has 0 aromatic heterocycles. The first kappa shape index (κ1) is 22.6. The van der Waals surface area contributed by atoms with Crippen molar-refractivity contribution in [1.29, 1.82) is 0 Å². The lowest BCUT2D eigenvalue weighted by Gasteiger charge is -2.31. The molecule has 1 unspecified atom stereocenters. The molecule has 0 aliphatic heterocycles. The van der Waals surface area contributed by atoms with E-state index in [1.165, 1.54) is 12.1 Å². The van der Waals surface area contributed by atoms with Crippen LogP contribution in [0.25, 0.3) is 0 Å². The van der Waals surface area contributed by atoms with Gasteiger partial charge in [0.15, 0.2) is 0 Å². The third-order valence-corrected chi connectivity index (χ3v) is 6.07. The van der Waals surface area contributed by atoms with Gasteiger partial charge in [-0.15, -0.1) is 0 Å². The van der Waals surface area contributed by atoms with Gasteiger partial charge in [-0.2, -0.15) is 0 Å². The van der Waals surface area contributed by atoms with E-state index in [1.54, 1.807) is 39.0 Å². The molecule has 0 aliphatic carbocycles. The molecule has 0 spiro atoms. The molecule has 1 N–H and O–H groups in total. The maximum absolute atomic E-state index is 13.0. The van der Waals surface area contributed by atoms with Gasteiger partial charge in [-0.1, -0.05) is 30.7 Å². The Morgan fingerprint density at radius 3 is 2.48 bits per heavy atom. The minimum absolute atomic E-state index is 0.0894. The van der Waals surface area contributed by atoms with Gasteiger partial charge >= 0.3 is 0 Å². The van der Waals surface area contributed by atoms with Crippen LogP contribution in [0.5, 0.6) is 0 Å². The Hall–Kier alpha value is -2.65. The number of hydrogen-bond donors (Lipinski definition) is 1. The van der Waals surface area contributed by atoms with E-state index in [0.717, 1.165) is 16.6 Å². The second kappa shape index (κ2) is 8.79. The summed E-state index contributed by atoms with van der Waals surface area (Å²) >= 11 is 6.09. The van der Waals surface area contributed by atoms with Crippen LogP contribution in [-0.4, -0.2) is 31.5 Å². The third-order valence-electron chi connectivity index (χ3n) is 4.50. The van der Waals surface area contributed by atoms with E-state index in [1.807, 2.05) is 0 Å². The average molecular weight is 440 g/mol. The lowest BCUT2D eigenvalue weighted by Crippen LogP contribution is -2.47.